The number of esters is 1. The Bertz CT molecular complexity index is 635. The summed E-state index contributed by atoms with van der Waals surface area (Å²) >= 11 is 5.75. The van der Waals surface area contributed by atoms with E-state index in [9.17, 15) is 9.59 Å². The summed E-state index contributed by atoms with van der Waals surface area (Å²) in [6, 6.07) is 12.6. The van der Waals surface area contributed by atoms with E-state index in [1.165, 1.54) is 24.3 Å². The summed E-state index contributed by atoms with van der Waals surface area (Å²) in [5.41, 5.74) is 0.843. The minimum Gasteiger partial charge on any atom is -0.478 e. The molecule has 102 valence electrons. The smallest absolute Gasteiger partial charge is 0.335 e. The molecule has 0 atom stereocenters. The molecule has 0 heterocycles. The zero-order valence-electron chi connectivity index (χ0n) is 10.4. The van der Waals surface area contributed by atoms with E-state index in [1.54, 1.807) is 24.3 Å². The van der Waals surface area contributed by atoms with Crippen LogP contribution >= 0.6 is 11.6 Å². The van der Waals surface area contributed by atoms with Crippen molar-refractivity contribution < 1.29 is 19.4 Å². The number of carbonyl (C=O) groups is 2. The molecule has 20 heavy (non-hydrogen) atoms. The molecule has 0 bridgehead atoms. The predicted molar refractivity (Wildman–Crippen MR) is 74.2 cm³/mol. The summed E-state index contributed by atoms with van der Waals surface area (Å²) in [5, 5.41) is 9.45. The lowest BCUT2D eigenvalue weighted by Crippen LogP contribution is -2.11. The highest BCUT2D eigenvalue weighted by Crippen LogP contribution is 2.15. The highest BCUT2D eigenvalue weighted by molar-refractivity contribution is 6.30. The minimum atomic E-state index is -1.07. The van der Waals surface area contributed by atoms with Gasteiger partial charge < -0.3 is 9.84 Å². The van der Waals surface area contributed by atoms with E-state index in [-0.39, 0.29) is 17.7 Å². The molecule has 0 amide bonds. The first-order valence-electron chi connectivity index (χ1n) is 5.83. The zero-order chi connectivity index (χ0) is 14.5. The molecule has 0 unspecified atom stereocenters. The van der Waals surface area contributed by atoms with Gasteiger partial charge in [0.25, 0.3) is 0 Å². The third-order valence-electron chi connectivity index (χ3n) is 2.57. The van der Waals surface area contributed by atoms with Crippen LogP contribution in [-0.4, -0.2) is 17.0 Å². The minimum absolute atomic E-state index is 0.0711. The molecule has 2 rings (SSSR count). The van der Waals surface area contributed by atoms with Crippen LogP contribution in [0.15, 0.2) is 48.5 Å². The van der Waals surface area contributed by atoms with Crippen LogP contribution in [0.25, 0.3) is 0 Å². The molecule has 0 spiro atoms. The fourth-order valence-electron chi connectivity index (χ4n) is 1.63. The van der Waals surface area contributed by atoms with Crippen LogP contribution in [0.1, 0.15) is 15.9 Å². The number of carbonyl (C=O) groups excluding carboxylic acids is 1. The number of hydrogen-bond donors (Lipinski definition) is 1. The lowest BCUT2D eigenvalue weighted by molar-refractivity contribution is -0.133. The monoisotopic (exact) mass is 290 g/mol. The summed E-state index contributed by atoms with van der Waals surface area (Å²) in [6.07, 6.45) is 0.0917. The highest BCUT2D eigenvalue weighted by atomic mass is 35.5. The van der Waals surface area contributed by atoms with Crippen molar-refractivity contribution >= 4 is 23.5 Å². The van der Waals surface area contributed by atoms with Gasteiger partial charge in [-0.15, -0.1) is 0 Å². The van der Waals surface area contributed by atoms with Crippen molar-refractivity contribution in [1.82, 2.24) is 0 Å². The van der Waals surface area contributed by atoms with Crippen molar-refractivity contribution in [2.45, 2.75) is 6.42 Å². The molecule has 0 saturated carbocycles. The van der Waals surface area contributed by atoms with Gasteiger partial charge in [0, 0.05) is 5.02 Å². The Morgan fingerprint density at radius 2 is 1.80 bits per heavy atom. The first-order chi connectivity index (χ1) is 9.54. The van der Waals surface area contributed by atoms with Crippen LogP contribution in [0.3, 0.4) is 0 Å². The molecule has 0 aliphatic carbocycles. The Balaban J connectivity index is 2.02. The summed E-state index contributed by atoms with van der Waals surface area (Å²) in [6.45, 7) is 0. The second kappa shape index (κ2) is 6.21. The number of carboxylic acid groups (broad SMARTS) is 1. The van der Waals surface area contributed by atoms with Crippen molar-refractivity contribution in [3.8, 4) is 5.75 Å². The molecule has 2 aromatic carbocycles. The van der Waals surface area contributed by atoms with Crippen molar-refractivity contribution in [2.75, 3.05) is 0 Å². The molecule has 0 aromatic heterocycles. The molecule has 0 aliphatic rings. The topological polar surface area (TPSA) is 63.6 Å². The average Bonchev–Trinajstić information content (AvgIpc) is 2.41. The lowest BCUT2D eigenvalue weighted by Gasteiger charge is -2.05. The second-order valence-corrected chi connectivity index (χ2v) is 4.55. The van der Waals surface area contributed by atoms with Gasteiger partial charge in [-0.2, -0.15) is 0 Å². The fraction of sp³-hybridized carbons (Fsp3) is 0.0667. The van der Waals surface area contributed by atoms with Gasteiger partial charge in [0.05, 0.1) is 12.0 Å². The second-order valence-electron chi connectivity index (χ2n) is 4.11. The lowest BCUT2D eigenvalue weighted by atomic mass is 10.1. The number of halogens is 1. The highest BCUT2D eigenvalue weighted by Gasteiger charge is 2.09. The van der Waals surface area contributed by atoms with Crippen molar-refractivity contribution in [3.63, 3.8) is 0 Å². The van der Waals surface area contributed by atoms with Crippen LogP contribution in [0, 0.1) is 0 Å². The van der Waals surface area contributed by atoms with E-state index in [4.69, 9.17) is 21.4 Å². The Hall–Kier alpha value is -2.33. The predicted octanol–water partition coefficient (Wildman–Crippen LogP) is 3.19. The van der Waals surface area contributed by atoms with Crippen molar-refractivity contribution in [3.05, 3.63) is 64.7 Å². The molecule has 2 aromatic rings. The summed E-state index contributed by atoms with van der Waals surface area (Å²) in [4.78, 5) is 22.6. The molecule has 5 heteroatoms. The van der Waals surface area contributed by atoms with Gasteiger partial charge in [0.1, 0.15) is 5.75 Å². The number of carboxylic acids is 1. The number of aromatic carboxylic acids is 1. The van der Waals surface area contributed by atoms with E-state index in [0.717, 1.165) is 5.56 Å². The Morgan fingerprint density at radius 3 is 2.45 bits per heavy atom. The van der Waals surface area contributed by atoms with Crippen LogP contribution in [0.2, 0.25) is 5.02 Å². The van der Waals surface area contributed by atoms with Gasteiger partial charge in [-0.3, -0.25) is 4.79 Å². The van der Waals surface area contributed by atoms with Gasteiger partial charge in [-0.05, 0) is 35.9 Å². The molecule has 4 nitrogen and oxygen atoms in total. The molecule has 0 aliphatic heterocycles. The van der Waals surface area contributed by atoms with Gasteiger partial charge in [-0.1, -0.05) is 29.8 Å². The SMILES string of the molecule is O=C(Cc1ccc(Cl)cc1)Oc1cccc(C(=O)O)c1. The van der Waals surface area contributed by atoms with Crippen molar-refractivity contribution in [1.29, 1.82) is 0 Å². The third-order valence-corrected chi connectivity index (χ3v) is 2.83. The third kappa shape index (κ3) is 3.83. The maximum absolute atomic E-state index is 11.7. The molecular formula is C15H11ClO4. The quantitative estimate of drug-likeness (QED) is 0.694. The first kappa shape index (κ1) is 14.1. The number of ether oxygens (including phenoxy) is 1. The van der Waals surface area contributed by atoms with Crippen LogP contribution in [0.5, 0.6) is 5.75 Å². The first-order valence-corrected chi connectivity index (χ1v) is 6.21. The van der Waals surface area contributed by atoms with Gasteiger partial charge in [-0.25, -0.2) is 4.79 Å². The Morgan fingerprint density at radius 1 is 1.10 bits per heavy atom. The summed E-state index contributed by atoms with van der Waals surface area (Å²) in [5.74, 6) is -1.32. The Labute approximate surface area is 120 Å². The van der Waals surface area contributed by atoms with E-state index < -0.39 is 11.9 Å². The molecule has 0 fully saturated rings. The number of rotatable bonds is 4. The van der Waals surface area contributed by atoms with Gasteiger partial charge in [0.2, 0.25) is 0 Å². The maximum atomic E-state index is 11.7. The normalized spacial score (nSPS) is 10.1. The average molecular weight is 291 g/mol. The van der Waals surface area contributed by atoms with Gasteiger partial charge >= 0.3 is 11.9 Å². The molecule has 0 saturated heterocycles. The molecular weight excluding hydrogens is 280 g/mol. The van der Waals surface area contributed by atoms with Crippen molar-refractivity contribution in [2.24, 2.45) is 0 Å². The molecule has 0 radical (unpaired) electrons. The largest absolute Gasteiger partial charge is 0.478 e. The van der Waals surface area contributed by atoms with E-state index in [1.807, 2.05) is 0 Å². The standard InChI is InChI=1S/C15H11ClO4/c16-12-6-4-10(5-7-12)8-14(17)20-13-3-1-2-11(9-13)15(18)19/h1-7,9H,8H2,(H,18,19). The van der Waals surface area contributed by atoms with Crippen LogP contribution in [-0.2, 0) is 11.2 Å². The van der Waals surface area contributed by atoms with Crippen LogP contribution in [0.4, 0.5) is 0 Å². The fourth-order valence-corrected chi connectivity index (χ4v) is 1.76. The maximum Gasteiger partial charge on any atom is 0.335 e. The van der Waals surface area contributed by atoms with Crippen LogP contribution < -0.4 is 4.74 Å². The summed E-state index contributed by atoms with van der Waals surface area (Å²) in [7, 11) is 0. The molecule has 1 N–H and O–H groups in total. The number of hydrogen-bond acceptors (Lipinski definition) is 3. The van der Waals surface area contributed by atoms with E-state index in [2.05, 4.69) is 0 Å². The Kier molecular flexibility index (Phi) is 4.38. The van der Waals surface area contributed by atoms with E-state index >= 15 is 0 Å². The van der Waals surface area contributed by atoms with Gasteiger partial charge in [0.15, 0.2) is 0 Å². The summed E-state index contributed by atoms with van der Waals surface area (Å²) < 4.78 is 5.10. The number of benzene rings is 2. The zero-order valence-corrected chi connectivity index (χ0v) is 11.1. The van der Waals surface area contributed by atoms with E-state index in [0.29, 0.717) is 5.02 Å².